The molecule has 1 rings (SSSR count). The zero-order chi connectivity index (χ0) is 7.72. The fourth-order valence-electron chi connectivity index (χ4n) is 1.29. The fourth-order valence-corrected chi connectivity index (χ4v) is 3.42. The molecule has 0 bridgehead atoms. The molecule has 0 spiro atoms. The molecule has 1 nitrogen and oxygen atoms in total. The van der Waals surface area contributed by atoms with Gasteiger partial charge in [0.05, 0.1) is 5.04 Å². The van der Waals surface area contributed by atoms with Crippen molar-refractivity contribution >= 4 is 15.9 Å². The first-order valence-electron chi connectivity index (χ1n) is 3.67. The third-order valence-corrected chi connectivity index (χ3v) is 4.61. The van der Waals surface area contributed by atoms with Crippen LogP contribution in [0.5, 0.6) is 0 Å². The Kier molecular flexibility index (Phi) is 2.19. The van der Waals surface area contributed by atoms with Gasteiger partial charge in [0.15, 0.2) is 0 Å². The molecule has 2 heteroatoms. The van der Waals surface area contributed by atoms with Crippen LogP contribution in [0.25, 0.3) is 0 Å². The molecule has 0 aromatic rings. The van der Waals surface area contributed by atoms with Gasteiger partial charge in [-0.25, -0.2) is 0 Å². The lowest BCUT2D eigenvalue weighted by molar-refractivity contribution is 1.29. The molecule has 0 radical (unpaired) electrons. The number of rotatable bonds is 1. The van der Waals surface area contributed by atoms with Crippen LogP contribution in [0.2, 0.25) is 0 Å². The maximum atomic E-state index is 4.45. The van der Waals surface area contributed by atoms with E-state index in [9.17, 15) is 0 Å². The quantitative estimate of drug-likeness (QED) is 0.562. The van der Waals surface area contributed by atoms with Crippen molar-refractivity contribution in [1.29, 1.82) is 0 Å². The van der Waals surface area contributed by atoms with Crippen LogP contribution in [0.1, 0.15) is 27.7 Å². The van der Waals surface area contributed by atoms with E-state index in [-0.39, 0.29) is 10.9 Å². The van der Waals surface area contributed by atoms with Crippen LogP contribution in [0.4, 0.5) is 0 Å². The van der Waals surface area contributed by atoms with E-state index >= 15 is 0 Å². The van der Waals surface area contributed by atoms with Gasteiger partial charge in [-0.3, -0.25) is 4.99 Å². The molecular weight excluding hydrogens is 142 g/mol. The summed E-state index contributed by atoms with van der Waals surface area (Å²) in [5.74, 6) is 1.26. The second kappa shape index (κ2) is 2.79. The molecule has 0 saturated heterocycles. The lowest BCUT2D eigenvalue weighted by Gasteiger charge is -2.13. The summed E-state index contributed by atoms with van der Waals surface area (Å²) in [6, 6.07) is 0. The summed E-state index contributed by atoms with van der Waals surface area (Å²) in [4.78, 5) is 5.97. The van der Waals surface area contributed by atoms with Crippen molar-refractivity contribution in [3.8, 4) is 0 Å². The van der Waals surface area contributed by atoms with E-state index in [4.69, 9.17) is 0 Å². The van der Waals surface area contributed by atoms with Gasteiger partial charge in [0, 0.05) is 5.70 Å². The van der Waals surface area contributed by atoms with E-state index in [0.29, 0.717) is 0 Å². The van der Waals surface area contributed by atoms with Crippen LogP contribution in [0.3, 0.4) is 0 Å². The SMILES string of the molecule is CC[SH]1C(C)=NC(C)=C1C. The summed E-state index contributed by atoms with van der Waals surface area (Å²) in [5.41, 5.74) is 1.26. The first-order chi connectivity index (χ1) is 4.66. The molecule has 0 aliphatic carbocycles. The Balaban J connectivity index is 2.86. The molecule has 1 atom stereocenters. The number of hydrogen-bond acceptors (Lipinski definition) is 1. The number of nitrogens with zero attached hydrogens (tertiary/aromatic N) is 1. The Labute approximate surface area is 65.6 Å². The molecule has 1 heterocycles. The molecule has 1 unspecified atom stereocenters. The highest BCUT2D eigenvalue weighted by Crippen LogP contribution is 2.43. The minimum absolute atomic E-state index is 0.0249. The van der Waals surface area contributed by atoms with Gasteiger partial charge in [0.25, 0.3) is 0 Å². The van der Waals surface area contributed by atoms with Crippen LogP contribution in [-0.2, 0) is 0 Å². The highest BCUT2D eigenvalue weighted by molar-refractivity contribution is 8.33. The molecule has 58 valence electrons. The Bertz CT molecular complexity index is 203. The molecule has 1 aliphatic heterocycles. The van der Waals surface area contributed by atoms with Gasteiger partial charge >= 0.3 is 0 Å². The van der Waals surface area contributed by atoms with Crippen LogP contribution in [-0.4, -0.2) is 10.8 Å². The molecule has 0 fully saturated rings. The van der Waals surface area contributed by atoms with Crippen molar-refractivity contribution < 1.29 is 0 Å². The van der Waals surface area contributed by atoms with Gasteiger partial charge in [0.2, 0.25) is 0 Å². The summed E-state index contributed by atoms with van der Waals surface area (Å²) in [7, 11) is 0.0249. The van der Waals surface area contributed by atoms with Gasteiger partial charge in [-0.15, -0.1) is 0 Å². The molecule has 1 aliphatic rings. The van der Waals surface area contributed by atoms with Crippen molar-refractivity contribution in [2.75, 3.05) is 5.75 Å². The van der Waals surface area contributed by atoms with Crippen molar-refractivity contribution in [2.24, 2.45) is 4.99 Å². The minimum atomic E-state index is 0.0249. The van der Waals surface area contributed by atoms with E-state index in [2.05, 4.69) is 32.7 Å². The van der Waals surface area contributed by atoms with Gasteiger partial charge in [-0.2, -0.15) is 10.9 Å². The first-order valence-corrected chi connectivity index (χ1v) is 5.19. The standard InChI is InChI=1S/C8H15NS/c1-5-10-7(3)6(2)9-8(10)4/h10H,5H2,1-4H3. The summed E-state index contributed by atoms with van der Waals surface area (Å²) >= 11 is 0. The average molecular weight is 157 g/mol. The number of hydrogen-bond donors (Lipinski definition) is 1. The highest BCUT2D eigenvalue weighted by atomic mass is 32.2. The van der Waals surface area contributed by atoms with Gasteiger partial charge in [-0.05, 0) is 31.4 Å². The smallest absolute Gasteiger partial charge is 0.0546 e. The summed E-state index contributed by atoms with van der Waals surface area (Å²) < 4.78 is 0. The molecule has 0 saturated carbocycles. The van der Waals surface area contributed by atoms with Crippen LogP contribution < -0.4 is 0 Å². The van der Waals surface area contributed by atoms with E-state index in [0.717, 1.165) is 0 Å². The Morgan fingerprint density at radius 3 is 2.10 bits per heavy atom. The predicted molar refractivity (Wildman–Crippen MR) is 51.0 cm³/mol. The third-order valence-electron chi connectivity index (χ3n) is 1.96. The normalized spacial score (nSPS) is 29.2. The van der Waals surface area contributed by atoms with E-state index in [1.54, 1.807) is 0 Å². The second-order valence-electron chi connectivity index (χ2n) is 2.57. The van der Waals surface area contributed by atoms with E-state index < -0.39 is 0 Å². The zero-order valence-electron chi connectivity index (χ0n) is 7.10. The van der Waals surface area contributed by atoms with Crippen LogP contribution >= 0.6 is 10.9 Å². The molecule has 10 heavy (non-hydrogen) atoms. The average Bonchev–Trinajstić information content (AvgIpc) is 2.09. The topological polar surface area (TPSA) is 12.4 Å². The molecular formula is C8H15NS. The fraction of sp³-hybridized carbons (Fsp3) is 0.625. The molecule has 0 aromatic carbocycles. The highest BCUT2D eigenvalue weighted by Gasteiger charge is 2.15. The summed E-state index contributed by atoms with van der Waals surface area (Å²) in [6.45, 7) is 8.71. The number of allylic oxidation sites excluding steroid dienone is 2. The zero-order valence-corrected chi connectivity index (χ0v) is 8.00. The first kappa shape index (κ1) is 7.86. The van der Waals surface area contributed by atoms with Crippen LogP contribution in [0.15, 0.2) is 15.6 Å². The minimum Gasteiger partial charge on any atom is -0.252 e. The van der Waals surface area contributed by atoms with Gasteiger partial charge in [-0.1, -0.05) is 6.92 Å². The largest absolute Gasteiger partial charge is 0.252 e. The molecule has 0 N–H and O–H groups in total. The van der Waals surface area contributed by atoms with Gasteiger partial charge < -0.3 is 0 Å². The second-order valence-corrected chi connectivity index (χ2v) is 5.38. The van der Waals surface area contributed by atoms with Crippen molar-refractivity contribution in [3.05, 3.63) is 10.6 Å². The van der Waals surface area contributed by atoms with Crippen LogP contribution in [0, 0.1) is 0 Å². The predicted octanol–water partition coefficient (Wildman–Crippen LogP) is 2.69. The maximum absolute atomic E-state index is 4.45. The maximum Gasteiger partial charge on any atom is 0.0546 e. The monoisotopic (exact) mass is 157 g/mol. The van der Waals surface area contributed by atoms with E-state index in [1.165, 1.54) is 21.4 Å². The summed E-state index contributed by atoms with van der Waals surface area (Å²) in [6.07, 6.45) is 0. The Morgan fingerprint density at radius 2 is 1.90 bits per heavy atom. The number of aliphatic imine (C=N–C) groups is 1. The van der Waals surface area contributed by atoms with Crippen molar-refractivity contribution in [2.45, 2.75) is 27.7 Å². The van der Waals surface area contributed by atoms with Gasteiger partial charge in [0.1, 0.15) is 0 Å². The lowest BCUT2D eigenvalue weighted by Crippen LogP contribution is -1.91. The Morgan fingerprint density at radius 1 is 1.30 bits per heavy atom. The Hall–Kier alpha value is -0.240. The number of thiol groups is 1. The molecule has 0 amide bonds. The van der Waals surface area contributed by atoms with Crippen molar-refractivity contribution in [1.82, 2.24) is 0 Å². The lowest BCUT2D eigenvalue weighted by atomic mass is 10.5. The third kappa shape index (κ3) is 1.12. The van der Waals surface area contributed by atoms with Crippen molar-refractivity contribution in [3.63, 3.8) is 0 Å². The summed E-state index contributed by atoms with van der Waals surface area (Å²) in [5, 5.41) is 1.35. The van der Waals surface area contributed by atoms with E-state index in [1.807, 2.05) is 0 Å². The molecule has 0 aromatic heterocycles.